The molecule has 0 unspecified atom stereocenters. The molecule has 136 valence electrons. The summed E-state index contributed by atoms with van der Waals surface area (Å²) in [5.74, 6) is 0.862. The van der Waals surface area contributed by atoms with Crippen LogP contribution >= 0.6 is 0 Å². The number of amides is 3. The molecule has 1 heterocycles. The van der Waals surface area contributed by atoms with E-state index in [1.165, 1.54) is 19.3 Å². The van der Waals surface area contributed by atoms with E-state index < -0.39 is 0 Å². The van der Waals surface area contributed by atoms with Gasteiger partial charge < -0.3 is 20.3 Å². The van der Waals surface area contributed by atoms with Gasteiger partial charge in [0.1, 0.15) is 12.4 Å². The Morgan fingerprint density at radius 3 is 2.80 bits per heavy atom. The van der Waals surface area contributed by atoms with E-state index in [1.807, 2.05) is 24.3 Å². The molecule has 6 nitrogen and oxygen atoms in total. The van der Waals surface area contributed by atoms with Crippen LogP contribution < -0.4 is 15.4 Å². The first-order valence-electron chi connectivity index (χ1n) is 9.25. The first-order chi connectivity index (χ1) is 12.2. The Balaban J connectivity index is 1.41. The smallest absolute Gasteiger partial charge is 0.317 e. The highest BCUT2D eigenvalue weighted by Crippen LogP contribution is 2.22. The second kappa shape index (κ2) is 8.74. The number of hydrogen-bond donors (Lipinski definition) is 2. The Morgan fingerprint density at radius 1 is 1.16 bits per heavy atom. The van der Waals surface area contributed by atoms with Crippen molar-refractivity contribution < 1.29 is 14.3 Å². The summed E-state index contributed by atoms with van der Waals surface area (Å²) in [5.41, 5.74) is 1.00. The van der Waals surface area contributed by atoms with Crippen molar-refractivity contribution in [2.24, 2.45) is 0 Å². The van der Waals surface area contributed by atoms with Gasteiger partial charge in [0.2, 0.25) is 5.91 Å². The molecule has 2 N–H and O–H groups in total. The lowest BCUT2D eigenvalue weighted by Crippen LogP contribution is -2.43. The lowest BCUT2D eigenvalue weighted by Gasteiger charge is -2.23. The van der Waals surface area contributed by atoms with Crippen molar-refractivity contribution in [1.82, 2.24) is 15.5 Å². The van der Waals surface area contributed by atoms with Crippen molar-refractivity contribution in [3.63, 3.8) is 0 Å². The van der Waals surface area contributed by atoms with Gasteiger partial charge in [-0.15, -0.1) is 0 Å². The van der Waals surface area contributed by atoms with Crippen LogP contribution in [0.15, 0.2) is 24.3 Å². The molecule has 1 fully saturated rings. The van der Waals surface area contributed by atoms with Gasteiger partial charge >= 0.3 is 6.03 Å². The molecule has 0 saturated heterocycles. The largest absolute Gasteiger partial charge is 0.491 e. The molecular weight excluding hydrogens is 318 g/mol. The summed E-state index contributed by atoms with van der Waals surface area (Å²) in [5, 5.41) is 5.92. The van der Waals surface area contributed by atoms with E-state index in [0.717, 1.165) is 24.2 Å². The molecule has 0 atom stereocenters. The van der Waals surface area contributed by atoms with Crippen molar-refractivity contribution in [2.45, 2.75) is 51.1 Å². The SMILES string of the molecule is O=C(CCNC(=O)N1CCOc2ccccc2C1)NC1CCCCC1. The van der Waals surface area contributed by atoms with Gasteiger partial charge in [-0.1, -0.05) is 37.5 Å². The van der Waals surface area contributed by atoms with E-state index in [-0.39, 0.29) is 11.9 Å². The van der Waals surface area contributed by atoms with Gasteiger partial charge in [-0.3, -0.25) is 4.79 Å². The highest BCUT2D eigenvalue weighted by Gasteiger charge is 2.20. The Kier molecular flexibility index (Phi) is 6.14. The first-order valence-corrected chi connectivity index (χ1v) is 9.25. The number of nitrogens with zero attached hydrogens (tertiary/aromatic N) is 1. The van der Waals surface area contributed by atoms with Crippen LogP contribution in [0.5, 0.6) is 5.75 Å². The van der Waals surface area contributed by atoms with E-state index in [0.29, 0.717) is 38.7 Å². The van der Waals surface area contributed by atoms with Gasteiger partial charge in [-0.2, -0.15) is 0 Å². The maximum Gasteiger partial charge on any atom is 0.317 e. The summed E-state index contributed by atoms with van der Waals surface area (Å²) in [4.78, 5) is 26.1. The Labute approximate surface area is 148 Å². The summed E-state index contributed by atoms with van der Waals surface area (Å²) in [6, 6.07) is 7.94. The van der Waals surface area contributed by atoms with Crippen molar-refractivity contribution in [3.8, 4) is 5.75 Å². The minimum absolute atomic E-state index is 0.0248. The molecule has 1 aromatic rings. The summed E-state index contributed by atoms with van der Waals surface area (Å²) in [6.07, 6.45) is 6.13. The number of urea groups is 1. The summed E-state index contributed by atoms with van der Waals surface area (Å²) < 4.78 is 5.67. The molecule has 6 heteroatoms. The van der Waals surface area contributed by atoms with Crippen molar-refractivity contribution in [2.75, 3.05) is 19.7 Å². The topological polar surface area (TPSA) is 70.7 Å². The van der Waals surface area contributed by atoms with Crippen LogP contribution in [-0.4, -0.2) is 42.6 Å². The number of benzene rings is 1. The van der Waals surface area contributed by atoms with Crippen molar-refractivity contribution in [3.05, 3.63) is 29.8 Å². The van der Waals surface area contributed by atoms with Crippen molar-refractivity contribution in [1.29, 1.82) is 0 Å². The van der Waals surface area contributed by atoms with E-state index in [1.54, 1.807) is 4.90 Å². The van der Waals surface area contributed by atoms with Crippen LogP contribution in [0.2, 0.25) is 0 Å². The molecule has 3 rings (SSSR count). The molecule has 1 aliphatic heterocycles. The third-order valence-electron chi connectivity index (χ3n) is 4.84. The number of ether oxygens (including phenoxy) is 1. The van der Waals surface area contributed by atoms with Crippen LogP contribution in [-0.2, 0) is 11.3 Å². The molecule has 0 aromatic heterocycles. The number of nitrogens with one attached hydrogen (secondary N) is 2. The van der Waals surface area contributed by atoms with E-state index in [9.17, 15) is 9.59 Å². The average Bonchev–Trinajstić information content (AvgIpc) is 2.85. The third kappa shape index (κ3) is 5.11. The minimum Gasteiger partial charge on any atom is -0.491 e. The minimum atomic E-state index is -0.147. The standard InChI is InChI=1S/C19H27N3O3/c23-18(21-16-7-2-1-3-8-16)10-11-20-19(24)22-12-13-25-17-9-5-4-6-15(17)14-22/h4-6,9,16H,1-3,7-8,10-14H2,(H,20,24)(H,21,23). The Hall–Kier alpha value is -2.24. The summed E-state index contributed by atoms with van der Waals surface area (Å²) in [7, 11) is 0. The zero-order valence-corrected chi connectivity index (χ0v) is 14.6. The van der Waals surface area contributed by atoms with Crippen LogP contribution in [0.1, 0.15) is 44.1 Å². The maximum atomic E-state index is 12.4. The van der Waals surface area contributed by atoms with E-state index in [4.69, 9.17) is 4.74 Å². The highest BCUT2D eigenvalue weighted by molar-refractivity contribution is 5.78. The number of para-hydroxylation sites is 1. The van der Waals surface area contributed by atoms with E-state index >= 15 is 0 Å². The van der Waals surface area contributed by atoms with Crippen LogP contribution in [0.4, 0.5) is 4.79 Å². The van der Waals surface area contributed by atoms with Gasteiger partial charge in [0.25, 0.3) is 0 Å². The monoisotopic (exact) mass is 345 g/mol. The molecule has 1 saturated carbocycles. The third-order valence-corrected chi connectivity index (χ3v) is 4.84. The van der Waals surface area contributed by atoms with Gasteiger partial charge in [-0.05, 0) is 18.9 Å². The summed E-state index contributed by atoms with van der Waals surface area (Å²) in [6.45, 7) is 1.90. The highest BCUT2D eigenvalue weighted by atomic mass is 16.5. The number of rotatable bonds is 4. The Bertz CT molecular complexity index is 599. The molecule has 0 spiro atoms. The second-order valence-electron chi connectivity index (χ2n) is 6.76. The Morgan fingerprint density at radius 2 is 1.96 bits per heavy atom. The molecule has 2 aliphatic rings. The quantitative estimate of drug-likeness (QED) is 0.880. The fourth-order valence-corrected chi connectivity index (χ4v) is 3.44. The number of carbonyl (C=O) groups excluding carboxylic acids is 2. The zero-order valence-electron chi connectivity index (χ0n) is 14.6. The fourth-order valence-electron chi connectivity index (χ4n) is 3.44. The molecular formula is C19H27N3O3. The van der Waals surface area contributed by atoms with Crippen LogP contribution in [0.25, 0.3) is 0 Å². The van der Waals surface area contributed by atoms with Crippen molar-refractivity contribution >= 4 is 11.9 Å². The predicted molar refractivity (Wildman–Crippen MR) is 95.4 cm³/mol. The first kappa shape index (κ1) is 17.6. The van der Waals surface area contributed by atoms with Crippen LogP contribution in [0.3, 0.4) is 0 Å². The zero-order chi connectivity index (χ0) is 17.5. The van der Waals surface area contributed by atoms with Crippen LogP contribution in [0, 0.1) is 0 Å². The van der Waals surface area contributed by atoms with Gasteiger partial charge in [0, 0.05) is 24.6 Å². The van der Waals surface area contributed by atoms with Gasteiger partial charge in [-0.25, -0.2) is 4.79 Å². The molecule has 25 heavy (non-hydrogen) atoms. The fraction of sp³-hybridized carbons (Fsp3) is 0.579. The molecule has 0 radical (unpaired) electrons. The van der Waals surface area contributed by atoms with Gasteiger partial charge in [0.05, 0.1) is 13.1 Å². The molecule has 0 bridgehead atoms. The molecule has 1 aromatic carbocycles. The molecule has 3 amide bonds. The lowest BCUT2D eigenvalue weighted by atomic mass is 9.95. The normalized spacial score (nSPS) is 17.8. The number of hydrogen-bond acceptors (Lipinski definition) is 3. The number of fused-ring (bicyclic) bond motifs is 1. The average molecular weight is 345 g/mol. The second-order valence-corrected chi connectivity index (χ2v) is 6.76. The van der Waals surface area contributed by atoms with E-state index in [2.05, 4.69) is 10.6 Å². The predicted octanol–water partition coefficient (Wildman–Crippen LogP) is 2.43. The summed E-state index contributed by atoms with van der Waals surface area (Å²) >= 11 is 0. The lowest BCUT2D eigenvalue weighted by molar-refractivity contribution is -0.121. The number of carbonyl (C=O) groups is 2. The molecule has 1 aliphatic carbocycles. The van der Waals surface area contributed by atoms with Gasteiger partial charge in [0.15, 0.2) is 0 Å². The maximum absolute atomic E-state index is 12.4.